The Morgan fingerprint density at radius 3 is 1.04 bits per heavy atom. The van der Waals surface area contributed by atoms with E-state index in [-0.39, 0.29) is 32.0 Å². The van der Waals surface area contributed by atoms with Crippen LogP contribution >= 0.6 is 7.82 Å². The minimum absolute atomic E-state index is 0.0179. The van der Waals surface area contributed by atoms with Gasteiger partial charge in [0.05, 0.1) is 27.7 Å². The summed E-state index contributed by atoms with van der Waals surface area (Å²) in [4.78, 5) is 35.7. The summed E-state index contributed by atoms with van der Waals surface area (Å²) < 4.78 is 34.6. The van der Waals surface area contributed by atoms with E-state index in [1.807, 2.05) is 21.1 Å². The van der Waals surface area contributed by atoms with Gasteiger partial charge in [-0.25, -0.2) is 4.57 Å². The number of quaternary nitrogens is 1. The molecule has 0 amide bonds. The summed E-state index contributed by atoms with van der Waals surface area (Å²) >= 11 is 0. The topological polar surface area (TPSA) is 108 Å². The number of rotatable bonds is 58. The molecule has 0 aromatic heterocycles. The van der Waals surface area contributed by atoms with Gasteiger partial charge in [-0.1, -0.05) is 255 Å². The Labute approximate surface area is 509 Å². The molecule has 1 N–H and O–H groups in total. The lowest BCUT2D eigenvalue weighted by atomic mass is 10.1. The largest absolute Gasteiger partial charge is 0.472 e. The zero-order chi connectivity index (χ0) is 60.5. The average molecular weight is 1170 g/mol. The molecule has 0 aliphatic rings. The fourth-order valence-electron chi connectivity index (χ4n) is 8.28. The Bertz CT molecular complexity index is 1960. The number of ether oxygens (including phenoxy) is 2. The molecule has 0 saturated heterocycles. The van der Waals surface area contributed by atoms with Crippen molar-refractivity contribution in [1.82, 2.24) is 0 Å². The van der Waals surface area contributed by atoms with Crippen molar-refractivity contribution < 1.29 is 42.1 Å². The van der Waals surface area contributed by atoms with Crippen LogP contribution in [0.3, 0.4) is 0 Å². The van der Waals surface area contributed by atoms with Crippen molar-refractivity contribution in [2.24, 2.45) is 0 Å². The van der Waals surface area contributed by atoms with Gasteiger partial charge in [-0.2, -0.15) is 0 Å². The Balaban J connectivity index is 4.20. The molecule has 2 atom stereocenters. The maximum absolute atomic E-state index is 12.8. The lowest BCUT2D eigenvalue weighted by Crippen LogP contribution is -2.37. The highest BCUT2D eigenvalue weighted by atomic mass is 31.2. The van der Waals surface area contributed by atoms with E-state index < -0.39 is 26.5 Å². The molecule has 0 rings (SSSR count). The summed E-state index contributed by atoms with van der Waals surface area (Å²) in [5, 5.41) is 0. The van der Waals surface area contributed by atoms with Gasteiger partial charge < -0.3 is 18.9 Å². The van der Waals surface area contributed by atoms with E-state index in [1.165, 1.54) is 70.6 Å². The molecule has 0 saturated carbocycles. The molecule has 0 aliphatic carbocycles. The van der Waals surface area contributed by atoms with Crippen LogP contribution in [0.4, 0.5) is 0 Å². The summed E-state index contributed by atoms with van der Waals surface area (Å²) in [5.41, 5.74) is 0. The van der Waals surface area contributed by atoms with E-state index in [4.69, 9.17) is 18.5 Å². The van der Waals surface area contributed by atoms with Gasteiger partial charge in [-0.15, -0.1) is 0 Å². The number of hydrogen-bond acceptors (Lipinski definition) is 7. The number of unbranched alkanes of at least 4 members (excludes halogenated alkanes) is 18. The second-order valence-corrected chi connectivity index (χ2v) is 23.9. The third kappa shape index (κ3) is 66.6. The number of carbonyl (C=O) groups is 2. The Kier molecular flexibility index (Phi) is 58.9. The normalized spacial score (nSPS) is 14.2. The van der Waals surface area contributed by atoms with Crippen molar-refractivity contribution in [2.45, 2.75) is 245 Å². The first-order valence-corrected chi connectivity index (χ1v) is 34.2. The zero-order valence-corrected chi connectivity index (χ0v) is 54.3. The maximum atomic E-state index is 12.8. The fourth-order valence-corrected chi connectivity index (χ4v) is 9.03. The summed E-state index contributed by atoms with van der Waals surface area (Å²) in [7, 11) is 1.44. The van der Waals surface area contributed by atoms with Crippen LogP contribution in [-0.2, 0) is 32.7 Å². The number of carbonyl (C=O) groups excluding carboxylic acids is 2. The van der Waals surface area contributed by atoms with Crippen LogP contribution in [0.2, 0.25) is 0 Å². The highest BCUT2D eigenvalue weighted by Gasteiger charge is 2.27. The Morgan fingerprint density at radius 2 is 0.687 bits per heavy atom. The van der Waals surface area contributed by atoms with E-state index in [9.17, 15) is 19.0 Å². The first-order valence-electron chi connectivity index (χ1n) is 32.7. The van der Waals surface area contributed by atoms with Crippen LogP contribution < -0.4 is 0 Å². The summed E-state index contributed by atoms with van der Waals surface area (Å²) in [6.07, 6.45) is 93.3. The molecule has 0 bridgehead atoms. The predicted molar refractivity (Wildman–Crippen MR) is 357 cm³/mol. The molecule has 0 heterocycles. The molecular weight excluding hydrogens is 1050 g/mol. The third-order valence-electron chi connectivity index (χ3n) is 13.3. The molecule has 0 fully saturated rings. The summed E-state index contributed by atoms with van der Waals surface area (Å²) in [6.45, 7) is 4.27. The average Bonchev–Trinajstić information content (AvgIpc) is 3.48. The first kappa shape index (κ1) is 78.6. The van der Waals surface area contributed by atoms with Crippen LogP contribution in [0.25, 0.3) is 0 Å². The van der Waals surface area contributed by atoms with Crippen molar-refractivity contribution >= 4 is 19.8 Å². The third-order valence-corrected chi connectivity index (χ3v) is 14.3. The maximum Gasteiger partial charge on any atom is 0.472 e. The van der Waals surface area contributed by atoms with Crippen molar-refractivity contribution in [1.29, 1.82) is 0 Å². The van der Waals surface area contributed by atoms with Gasteiger partial charge >= 0.3 is 19.8 Å². The van der Waals surface area contributed by atoms with Crippen molar-refractivity contribution in [2.75, 3.05) is 47.5 Å². The number of phosphoric ester groups is 1. The quantitative estimate of drug-likeness (QED) is 0.0211. The molecule has 0 aliphatic heterocycles. The van der Waals surface area contributed by atoms with Gasteiger partial charge in [-0.3, -0.25) is 18.6 Å². The van der Waals surface area contributed by atoms with Gasteiger partial charge in [0.2, 0.25) is 0 Å². The Hall–Kier alpha value is -4.37. The molecule has 10 heteroatoms. The smallest absolute Gasteiger partial charge is 0.462 e. The van der Waals surface area contributed by atoms with E-state index in [0.29, 0.717) is 17.4 Å². The molecule has 2 unspecified atom stereocenters. The standard InChI is InChI=1S/C73H120NO8P/c1-6-8-10-12-14-16-18-20-22-24-26-27-28-29-30-31-32-33-34-35-36-37-38-39-40-41-42-43-44-45-46-47-48-50-52-54-56-58-60-62-64-66-73(76)82-71(70-81-83(77,78)80-68-67-74(3,4)5)69-79-72(75)65-63-61-59-57-55-53-51-49-25-23-21-19-17-15-13-11-9-7-2/h8,10,14,16,20,22-23,25-27,29-30,32-33,35-36,38-39,41-42,44-45,47-48,52,54,71H,6-7,9,11-13,15,17-19,21,24,28,31,34,37,40,43,46,49-51,53,55-70H2,1-5H3/p+1/b10-8-,16-14-,22-20-,25-23-,27-26-,30-29-,33-32-,36-35-,39-38-,42-41-,45-44-,48-47-,54-52-. The molecule has 0 radical (unpaired) electrons. The van der Waals surface area contributed by atoms with Crippen LogP contribution in [0, 0.1) is 0 Å². The van der Waals surface area contributed by atoms with Crippen LogP contribution in [0.5, 0.6) is 0 Å². The number of likely N-dealkylation sites (N-methyl/N-ethyl adjacent to an activating group) is 1. The van der Waals surface area contributed by atoms with Gasteiger partial charge in [0.15, 0.2) is 6.10 Å². The lowest BCUT2D eigenvalue weighted by molar-refractivity contribution is -0.870. The highest BCUT2D eigenvalue weighted by Crippen LogP contribution is 2.43. The van der Waals surface area contributed by atoms with Crippen molar-refractivity contribution in [3.8, 4) is 0 Å². The Morgan fingerprint density at radius 1 is 0.386 bits per heavy atom. The van der Waals surface area contributed by atoms with Crippen LogP contribution in [0.1, 0.15) is 239 Å². The second-order valence-electron chi connectivity index (χ2n) is 22.4. The molecule has 470 valence electrons. The predicted octanol–water partition coefficient (Wildman–Crippen LogP) is 21.2. The van der Waals surface area contributed by atoms with E-state index >= 15 is 0 Å². The first-order chi connectivity index (χ1) is 40.5. The van der Waals surface area contributed by atoms with E-state index in [2.05, 4.69) is 172 Å². The monoisotopic (exact) mass is 1170 g/mol. The van der Waals surface area contributed by atoms with E-state index in [0.717, 1.165) is 135 Å². The molecule has 0 aromatic rings. The zero-order valence-electron chi connectivity index (χ0n) is 53.4. The van der Waals surface area contributed by atoms with Gasteiger partial charge in [0.25, 0.3) is 0 Å². The number of hydrogen-bond donors (Lipinski definition) is 1. The highest BCUT2D eigenvalue weighted by molar-refractivity contribution is 7.47. The number of esters is 2. The lowest BCUT2D eigenvalue weighted by Gasteiger charge is -2.24. The van der Waals surface area contributed by atoms with E-state index in [1.54, 1.807) is 0 Å². The molecule has 0 aromatic carbocycles. The summed E-state index contributed by atoms with van der Waals surface area (Å²) in [6, 6.07) is 0. The number of nitrogens with zero attached hydrogens (tertiary/aromatic N) is 1. The van der Waals surface area contributed by atoms with Crippen LogP contribution in [-0.4, -0.2) is 74.9 Å². The fraction of sp³-hybridized carbons (Fsp3) is 0.616. The minimum atomic E-state index is -4.41. The number of allylic oxidation sites excluding steroid dienone is 26. The second kappa shape index (κ2) is 62.2. The number of phosphoric acid groups is 1. The molecule has 0 spiro atoms. The SMILES string of the molecule is CC/C=C\C/C=C\C/C=C\C/C=C\C/C=C\C/C=C\C/C=C\C/C=C\C/C=C\C/C=C\C/C=C\C/C=C\CCCCCCC(=O)OC(COC(=O)CCCCCCCCC/C=C\CCCCCCCCC)COP(=O)(O)OCC[N+](C)(C)C. The van der Waals surface area contributed by atoms with Crippen LogP contribution in [0.15, 0.2) is 158 Å². The summed E-state index contributed by atoms with van der Waals surface area (Å²) in [5.74, 6) is -0.840. The van der Waals surface area contributed by atoms with Crippen molar-refractivity contribution in [3.05, 3.63) is 158 Å². The van der Waals surface area contributed by atoms with Gasteiger partial charge in [0, 0.05) is 12.8 Å². The molecule has 9 nitrogen and oxygen atoms in total. The van der Waals surface area contributed by atoms with Gasteiger partial charge in [-0.05, 0) is 128 Å². The van der Waals surface area contributed by atoms with Gasteiger partial charge in [0.1, 0.15) is 19.8 Å². The van der Waals surface area contributed by atoms with Crippen molar-refractivity contribution in [3.63, 3.8) is 0 Å². The molecule has 83 heavy (non-hydrogen) atoms. The minimum Gasteiger partial charge on any atom is -0.462 e. The molecular formula is C73H121NO8P+.